The number of hydrogen-bond acceptors (Lipinski definition) is 17. The standard InChI is InChI=1S/C44H62O17/c1-20(45)44(13,53)37-30(55-22(3)47)17-41(10)32-15-14-27-28(43(32,12)33(52)18-42(37,41)11)16-29(38(40(27,8)9)59-26(7)51)60-39-36(58-25(6)50)35(57-24(5)49)34(56-23(4)48)31(61-39)19-54-21(2)46/h14,28-32,34-39,53H,15-19H2,1-13H3. The highest BCUT2D eigenvalue weighted by Gasteiger charge is 2.75. The van der Waals surface area contributed by atoms with Crippen molar-refractivity contribution in [2.45, 2.75) is 170 Å². The van der Waals surface area contributed by atoms with Crippen LogP contribution in [0.2, 0.25) is 0 Å². The molecule has 61 heavy (non-hydrogen) atoms. The summed E-state index contributed by atoms with van der Waals surface area (Å²) in [5.41, 5.74) is -4.95. The molecule has 0 amide bonds. The van der Waals surface area contributed by atoms with E-state index in [4.69, 9.17) is 37.9 Å². The Kier molecular flexibility index (Phi) is 13.2. The fourth-order valence-electron chi connectivity index (χ4n) is 12.0. The molecule has 0 spiro atoms. The molecule has 4 aliphatic carbocycles. The molecule has 15 unspecified atom stereocenters. The molecular weight excluding hydrogens is 800 g/mol. The second kappa shape index (κ2) is 16.8. The Morgan fingerprint density at radius 3 is 1.80 bits per heavy atom. The average molecular weight is 863 g/mol. The number of ether oxygens (including phenoxy) is 8. The van der Waals surface area contributed by atoms with E-state index in [9.17, 15) is 38.7 Å². The summed E-state index contributed by atoms with van der Waals surface area (Å²) in [4.78, 5) is 103. The minimum Gasteiger partial charge on any atom is -0.463 e. The van der Waals surface area contributed by atoms with Crippen LogP contribution >= 0.6 is 0 Å². The molecule has 3 saturated carbocycles. The summed E-state index contributed by atoms with van der Waals surface area (Å²) >= 11 is 0. The fraction of sp³-hybridized carbons (Fsp3) is 0.773. The highest BCUT2D eigenvalue weighted by atomic mass is 16.7. The van der Waals surface area contributed by atoms with Crippen LogP contribution < -0.4 is 0 Å². The van der Waals surface area contributed by atoms with Crippen molar-refractivity contribution < 1.29 is 81.4 Å². The van der Waals surface area contributed by atoms with Crippen LogP contribution in [0, 0.1) is 39.4 Å². The van der Waals surface area contributed by atoms with Gasteiger partial charge in [0.2, 0.25) is 0 Å². The molecule has 17 nitrogen and oxygen atoms in total. The highest BCUT2D eigenvalue weighted by Crippen LogP contribution is 2.74. The van der Waals surface area contributed by atoms with E-state index in [0.717, 1.165) is 33.3 Å². The quantitative estimate of drug-likeness (QED) is 0.177. The van der Waals surface area contributed by atoms with Crippen molar-refractivity contribution in [1.29, 1.82) is 0 Å². The summed E-state index contributed by atoms with van der Waals surface area (Å²) in [6.07, 6.45) is -7.66. The summed E-state index contributed by atoms with van der Waals surface area (Å²) < 4.78 is 47.1. The number of hydrogen-bond donors (Lipinski definition) is 1. The van der Waals surface area contributed by atoms with Gasteiger partial charge in [-0.2, -0.15) is 0 Å². The molecule has 0 radical (unpaired) electrons. The van der Waals surface area contributed by atoms with E-state index in [-0.39, 0.29) is 25.0 Å². The first-order valence-corrected chi connectivity index (χ1v) is 20.8. The third-order valence-electron chi connectivity index (χ3n) is 14.7. The average Bonchev–Trinajstić information content (AvgIpc) is 3.33. The largest absolute Gasteiger partial charge is 0.463 e. The third kappa shape index (κ3) is 8.38. The van der Waals surface area contributed by atoms with Gasteiger partial charge in [0.25, 0.3) is 0 Å². The molecular formula is C44H62O17. The molecule has 15 atom stereocenters. The molecule has 4 fully saturated rings. The van der Waals surface area contributed by atoms with Gasteiger partial charge in [-0.3, -0.25) is 38.4 Å². The van der Waals surface area contributed by atoms with Gasteiger partial charge in [0.1, 0.15) is 36.3 Å². The van der Waals surface area contributed by atoms with Crippen LogP contribution in [0.5, 0.6) is 0 Å². The van der Waals surface area contributed by atoms with Crippen molar-refractivity contribution in [3.05, 3.63) is 11.6 Å². The summed E-state index contributed by atoms with van der Waals surface area (Å²) in [6.45, 7) is 18.8. The van der Waals surface area contributed by atoms with Gasteiger partial charge in [0.05, 0.1) is 6.10 Å². The van der Waals surface area contributed by atoms with E-state index in [2.05, 4.69) is 6.08 Å². The number of ketones is 2. The van der Waals surface area contributed by atoms with Gasteiger partial charge < -0.3 is 43.0 Å². The molecule has 5 rings (SSSR count). The van der Waals surface area contributed by atoms with Gasteiger partial charge in [-0.05, 0) is 55.8 Å². The zero-order valence-corrected chi connectivity index (χ0v) is 37.4. The number of allylic oxidation sites excluding steroid dienone is 1. The third-order valence-corrected chi connectivity index (χ3v) is 14.7. The maximum atomic E-state index is 15.2. The number of aliphatic hydroxyl groups is 1. The molecule has 0 aromatic rings. The zero-order valence-electron chi connectivity index (χ0n) is 37.4. The second-order valence-electron chi connectivity index (χ2n) is 19.0. The number of Topliss-reactive ketones (excluding diaryl/α,β-unsaturated/α-hetero) is 2. The van der Waals surface area contributed by atoms with Gasteiger partial charge >= 0.3 is 35.8 Å². The first kappa shape index (κ1) is 47.8. The maximum absolute atomic E-state index is 15.2. The Hall–Kier alpha value is -4.22. The van der Waals surface area contributed by atoms with E-state index >= 15 is 4.79 Å². The fourth-order valence-corrected chi connectivity index (χ4v) is 12.0. The Morgan fingerprint density at radius 1 is 0.738 bits per heavy atom. The maximum Gasteiger partial charge on any atom is 0.303 e. The van der Waals surface area contributed by atoms with Crippen molar-refractivity contribution in [2.24, 2.45) is 39.4 Å². The lowest BCUT2D eigenvalue weighted by atomic mass is 9.38. The zero-order chi connectivity index (χ0) is 45.9. The monoisotopic (exact) mass is 862 g/mol. The minimum atomic E-state index is -1.93. The van der Waals surface area contributed by atoms with E-state index in [1.807, 2.05) is 34.6 Å². The van der Waals surface area contributed by atoms with Crippen LogP contribution in [0.3, 0.4) is 0 Å². The van der Waals surface area contributed by atoms with Gasteiger partial charge in [0, 0.05) is 64.7 Å². The number of rotatable bonds is 11. The number of fused-ring (bicyclic) bond motifs is 5. The molecule has 0 aromatic heterocycles. The smallest absolute Gasteiger partial charge is 0.303 e. The number of carbonyl (C=O) groups excluding carboxylic acids is 8. The van der Waals surface area contributed by atoms with E-state index in [1.54, 1.807) is 0 Å². The Bertz CT molecular complexity index is 1870. The predicted octanol–water partition coefficient (Wildman–Crippen LogP) is 3.66. The lowest BCUT2D eigenvalue weighted by molar-refractivity contribution is -0.328. The molecule has 0 aromatic carbocycles. The molecule has 340 valence electrons. The minimum absolute atomic E-state index is 0.0504. The lowest BCUT2D eigenvalue weighted by Gasteiger charge is -2.65. The second-order valence-corrected chi connectivity index (χ2v) is 19.0. The van der Waals surface area contributed by atoms with Crippen molar-refractivity contribution in [1.82, 2.24) is 0 Å². The van der Waals surface area contributed by atoms with Gasteiger partial charge in [-0.1, -0.05) is 46.3 Å². The highest BCUT2D eigenvalue weighted by molar-refractivity contribution is 5.89. The Balaban J connectivity index is 1.63. The molecule has 1 N–H and O–H groups in total. The normalized spacial score (nSPS) is 39.7. The summed E-state index contributed by atoms with van der Waals surface area (Å²) in [5.74, 6) is -6.88. The lowest BCUT2D eigenvalue weighted by Crippen LogP contribution is -2.67. The van der Waals surface area contributed by atoms with Crippen LogP contribution in [0.15, 0.2) is 11.6 Å². The molecule has 1 saturated heterocycles. The number of carbonyl (C=O) groups is 8. The van der Waals surface area contributed by atoms with Crippen LogP contribution in [-0.2, 0) is 76.3 Å². The van der Waals surface area contributed by atoms with Crippen LogP contribution in [0.1, 0.15) is 116 Å². The van der Waals surface area contributed by atoms with Crippen LogP contribution in [-0.4, -0.2) is 114 Å². The van der Waals surface area contributed by atoms with Crippen molar-refractivity contribution in [3.63, 3.8) is 0 Å². The van der Waals surface area contributed by atoms with Gasteiger partial charge in [-0.15, -0.1) is 0 Å². The van der Waals surface area contributed by atoms with Gasteiger partial charge in [-0.25, -0.2) is 0 Å². The number of esters is 6. The molecule has 17 heteroatoms. The van der Waals surface area contributed by atoms with Gasteiger partial charge in [0.15, 0.2) is 30.4 Å². The summed E-state index contributed by atoms with van der Waals surface area (Å²) in [7, 11) is 0. The van der Waals surface area contributed by atoms with E-state index < -0.39 is 142 Å². The first-order chi connectivity index (χ1) is 28.0. The van der Waals surface area contributed by atoms with Crippen LogP contribution in [0.4, 0.5) is 0 Å². The summed E-state index contributed by atoms with van der Waals surface area (Å²) in [5, 5.41) is 11.8. The van der Waals surface area contributed by atoms with Crippen molar-refractivity contribution in [3.8, 4) is 0 Å². The summed E-state index contributed by atoms with van der Waals surface area (Å²) in [6, 6.07) is 0. The van der Waals surface area contributed by atoms with Crippen molar-refractivity contribution >= 4 is 47.4 Å². The van der Waals surface area contributed by atoms with Crippen LogP contribution in [0.25, 0.3) is 0 Å². The predicted molar refractivity (Wildman–Crippen MR) is 209 cm³/mol. The molecule has 0 bridgehead atoms. The Labute approximate surface area is 356 Å². The molecule has 1 heterocycles. The molecule has 1 aliphatic heterocycles. The first-order valence-electron chi connectivity index (χ1n) is 20.8. The molecule has 5 aliphatic rings. The van der Waals surface area contributed by atoms with Crippen molar-refractivity contribution in [2.75, 3.05) is 6.61 Å². The Morgan fingerprint density at radius 2 is 1.28 bits per heavy atom. The SMILES string of the molecule is CC(=O)OCC1OC(OC2CC3C(=CCC4C3(C)C(=O)CC3(C)C(C(C)(O)C(C)=O)C(OC(C)=O)CC43C)C(C)(C)C2OC(C)=O)C(OC(C)=O)C(OC(C)=O)C1OC(C)=O. The topological polar surface area (TPSA) is 231 Å². The van der Waals surface area contributed by atoms with E-state index in [0.29, 0.717) is 6.42 Å². The van der Waals surface area contributed by atoms with E-state index in [1.165, 1.54) is 27.7 Å².